The van der Waals surface area contributed by atoms with E-state index in [0.29, 0.717) is 12.1 Å². The molecule has 0 atom stereocenters. The predicted octanol–water partition coefficient (Wildman–Crippen LogP) is 0.670. The van der Waals surface area contributed by atoms with Crippen LogP contribution in [0.15, 0.2) is 24.3 Å². The number of anilines is 1. The zero-order chi connectivity index (χ0) is 16.1. The third-order valence-corrected chi connectivity index (χ3v) is 4.29. The van der Waals surface area contributed by atoms with Crippen molar-refractivity contribution in [2.45, 2.75) is 12.8 Å². The van der Waals surface area contributed by atoms with E-state index in [1.165, 1.54) is 0 Å². The van der Waals surface area contributed by atoms with Gasteiger partial charge in [-0.15, -0.1) is 0 Å². The van der Waals surface area contributed by atoms with Gasteiger partial charge in [0, 0.05) is 56.4 Å². The SMILES string of the molecule is O=C(NCCN1CCNCC1)c1ccc(NC(=O)C2CC2)cc1. The van der Waals surface area contributed by atoms with Crippen LogP contribution in [0.5, 0.6) is 0 Å². The van der Waals surface area contributed by atoms with Crippen LogP contribution in [0.25, 0.3) is 0 Å². The summed E-state index contributed by atoms with van der Waals surface area (Å²) in [7, 11) is 0. The van der Waals surface area contributed by atoms with Crippen molar-refractivity contribution in [2.24, 2.45) is 5.92 Å². The normalized spacial score (nSPS) is 18.4. The van der Waals surface area contributed by atoms with E-state index >= 15 is 0 Å². The number of hydrogen-bond donors (Lipinski definition) is 3. The number of carbonyl (C=O) groups excluding carboxylic acids is 2. The highest BCUT2D eigenvalue weighted by Crippen LogP contribution is 2.30. The van der Waals surface area contributed by atoms with Gasteiger partial charge in [-0.3, -0.25) is 14.5 Å². The average molecular weight is 316 g/mol. The van der Waals surface area contributed by atoms with Gasteiger partial charge in [0.15, 0.2) is 0 Å². The van der Waals surface area contributed by atoms with Crippen LogP contribution in [0.1, 0.15) is 23.2 Å². The Labute approximate surface area is 136 Å². The lowest BCUT2D eigenvalue weighted by atomic mass is 10.2. The first-order valence-corrected chi connectivity index (χ1v) is 8.34. The van der Waals surface area contributed by atoms with Gasteiger partial charge >= 0.3 is 0 Å². The van der Waals surface area contributed by atoms with E-state index < -0.39 is 0 Å². The molecule has 2 aliphatic rings. The van der Waals surface area contributed by atoms with Crippen molar-refractivity contribution >= 4 is 17.5 Å². The molecule has 1 aromatic carbocycles. The smallest absolute Gasteiger partial charge is 0.251 e. The number of benzene rings is 1. The summed E-state index contributed by atoms with van der Waals surface area (Å²) in [5, 5.41) is 9.13. The summed E-state index contributed by atoms with van der Waals surface area (Å²) >= 11 is 0. The van der Waals surface area contributed by atoms with Crippen molar-refractivity contribution in [1.82, 2.24) is 15.5 Å². The highest BCUT2D eigenvalue weighted by Gasteiger charge is 2.29. The van der Waals surface area contributed by atoms with Gasteiger partial charge in [-0.05, 0) is 37.1 Å². The quantitative estimate of drug-likeness (QED) is 0.721. The standard InChI is InChI=1S/C17H24N4O2/c22-16(19-9-12-21-10-7-18-8-11-21)13-3-5-15(6-4-13)20-17(23)14-1-2-14/h3-6,14,18H,1-2,7-12H2,(H,19,22)(H,20,23). The van der Waals surface area contributed by atoms with Gasteiger partial charge < -0.3 is 16.0 Å². The molecule has 1 aliphatic heterocycles. The summed E-state index contributed by atoms with van der Waals surface area (Å²) in [6, 6.07) is 7.07. The average Bonchev–Trinajstić information content (AvgIpc) is 3.41. The fraction of sp³-hybridized carbons (Fsp3) is 0.529. The Morgan fingerprint density at radius 3 is 2.48 bits per heavy atom. The highest BCUT2D eigenvalue weighted by molar-refractivity contribution is 5.96. The van der Waals surface area contributed by atoms with Crippen LogP contribution in [0, 0.1) is 5.92 Å². The van der Waals surface area contributed by atoms with Gasteiger partial charge in [0.2, 0.25) is 5.91 Å². The van der Waals surface area contributed by atoms with E-state index in [0.717, 1.165) is 51.3 Å². The van der Waals surface area contributed by atoms with Crippen molar-refractivity contribution in [3.05, 3.63) is 29.8 Å². The minimum absolute atomic E-state index is 0.0693. The molecule has 3 N–H and O–H groups in total. The number of nitrogens with zero attached hydrogens (tertiary/aromatic N) is 1. The molecule has 6 heteroatoms. The van der Waals surface area contributed by atoms with Crippen LogP contribution in [-0.2, 0) is 4.79 Å². The Morgan fingerprint density at radius 2 is 1.83 bits per heavy atom. The molecule has 23 heavy (non-hydrogen) atoms. The maximum Gasteiger partial charge on any atom is 0.251 e. The largest absolute Gasteiger partial charge is 0.351 e. The lowest BCUT2D eigenvalue weighted by Gasteiger charge is -2.27. The zero-order valence-electron chi connectivity index (χ0n) is 13.3. The summed E-state index contributed by atoms with van der Waals surface area (Å²) in [6.45, 7) is 5.63. The predicted molar refractivity (Wildman–Crippen MR) is 89.4 cm³/mol. The van der Waals surface area contributed by atoms with Crippen LogP contribution in [-0.4, -0.2) is 56.0 Å². The molecule has 6 nitrogen and oxygen atoms in total. The lowest BCUT2D eigenvalue weighted by Crippen LogP contribution is -2.46. The highest BCUT2D eigenvalue weighted by atomic mass is 16.2. The molecule has 1 heterocycles. The van der Waals surface area contributed by atoms with Crippen LogP contribution in [0.3, 0.4) is 0 Å². The fourth-order valence-electron chi connectivity index (χ4n) is 2.66. The second-order valence-electron chi connectivity index (χ2n) is 6.19. The fourth-order valence-corrected chi connectivity index (χ4v) is 2.66. The minimum atomic E-state index is -0.0693. The molecular formula is C17H24N4O2. The van der Waals surface area contributed by atoms with E-state index in [1.54, 1.807) is 24.3 Å². The van der Waals surface area contributed by atoms with E-state index in [4.69, 9.17) is 0 Å². The van der Waals surface area contributed by atoms with E-state index in [1.807, 2.05) is 0 Å². The van der Waals surface area contributed by atoms with Gasteiger partial charge in [-0.25, -0.2) is 0 Å². The van der Waals surface area contributed by atoms with Gasteiger partial charge in [0.1, 0.15) is 0 Å². The van der Waals surface area contributed by atoms with Crippen LogP contribution in [0.4, 0.5) is 5.69 Å². The molecule has 0 aromatic heterocycles. The molecule has 0 spiro atoms. The van der Waals surface area contributed by atoms with Crippen molar-refractivity contribution in [3.8, 4) is 0 Å². The van der Waals surface area contributed by atoms with Crippen LogP contribution in [0.2, 0.25) is 0 Å². The molecule has 2 amide bonds. The molecule has 124 valence electrons. The molecule has 0 radical (unpaired) electrons. The van der Waals surface area contributed by atoms with Gasteiger partial charge in [-0.2, -0.15) is 0 Å². The molecule has 1 saturated heterocycles. The second-order valence-corrected chi connectivity index (χ2v) is 6.19. The number of amides is 2. The third-order valence-electron chi connectivity index (χ3n) is 4.29. The van der Waals surface area contributed by atoms with Gasteiger partial charge in [0.25, 0.3) is 5.91 Å². The Bertz CT molecular complexity index is 548. The molecule has 3 rings (SSSR count). The molecule has 2 fully saturated rings. The molecular weight excluding hydrogens is 292 g/mol. The molecule has 1 saturated carbocycles. The second kappa shape index (κ2) is 7.57. The molecule has 0 unspecified atom stereocenters. The Morgan fingerprint density at radius 1 is 1.13 bits per heavy atom. The number of piperazine rings is 1. The van der Waals surface area contributed by atoms with Crippen LogP contribution < -0.4 is 16.0 Å². The number of nitrogens with one attached hydrogen (secondary N) is 3. The summed E-state index contributed by atoms with van der Waals surface area (Å²) in [4.78, 5) is 26.1. The van der Waals surface area contributed by atoms with E-state index in [9.17, 15) is 9.59 Å². The molecule has 0 bridgehead atoms. The first-order chi connectivity index (χ1) is 11.2. The zero-order valence-corrected chi connectivity index (χ0v) is 13.3. The van der Waals surface area contributed by atoms with Crippen molar-refractivity contribution in [2.75, 3.05) is 44.6 Å². The maximum absolute atomic E-state index is 12.1. The number of carbonyl (C=O) groups is 2. The minimum Gasteiger partial charge on any atom is -0.351 e. The summed E-state index contributed by atoms with van der Waals surface area (Å²) in [5.74, 6) is 0.196. The van der Waals surface area contributed by atoms with E-state index in [2.05, 4.69) is 20.9 Å². The molecule has 1 aliphatic carbocycles. The summed E-state index contributed by atoms with van der Waals surface area (Å²) < 4.78 is 0. The van der Waals surface area contributed by atoms with Crippen molar-refractivity contribution in [1.29, 1.82) is 0 Å². The maximum atomic E-state index is 12.1. The van der Waals surface area contributed by atoms with Gasteiger partial charge in [0.05, 0.1) is 0 Å². The molecule has 1 aromatic rings. The topological polar surface area (TPSA) is 73.5 Å². The van der Waals surface area contributed by atoms with Crippen molar-refractivity contribution < 1.29 is 9.59 Å². The third kappa shape index (κ3) is 4.77. The number of rotatable bonds is 6. The first-order valence-electron chi connectivity index (χ1n) is 8.34. The van der Waals surface area contributed by atoms with Gasteiger partial charge in [-0.1, -0.05) is 0 Å². The number of hydrogen-bond acceptors (Lipinski definition) is 4. The Balaban J connectivity index is 1.42. The van der Waals surface area contributed by atoms with Crippen LogP contribution >= 0.6 is 0 Å². The lowest BCUT2D eigenvalue weighted by molar-refractivity contribution is -0.117. The first kappa shape index (κ1) is 16.0. The summed E-state index contributed by atoms with van der Waals surface area (Å²) in [5.41, 5.74) is 1.37. The summed E-state index contributed by atoms with van der Waals surface area (Å²) in [6.07, 6.45) is 1.97. The van der Waals surface area contributed by atoms with E-state index in [-0.39, 0.29) is 17.7 Å². The Hall–Kier alpha value is -1.92. The van der Waals surface area contributed by atoms with Crippen molar-refractivity contribution in [3.63, 3.8) is 0 Å². The monoisotopic (exact) mass is 316 g/mol. The Kier molecular flexibility index (Phi) is 5.25.